The fourth-order valence-electron chi connectivity index (χ4n) is 5.27. The highest BCUT2D eigenvalue weighted by Crippen LogP contribution is 2.44. The molecular formula is C40H42ClFN4O6S2. The number of carbonyl (C=O) groups excluding carboxylic acids is 3. The molecule has 14 heteroatoms. The molecule has 0 saturated carbocycles. The lowest BCUT2D eigenvalue weighted by molar-refractivity contribution is -0.131. The number of aromatic nitrogens is 1. The van der Waals surface area contributed by atoms with Gasteiger partial charge in [-0.1, -0.05) is 66.7 Å². The van der Waals surface area contributed by atoms with Crippen LogP contribution in [-0.2, 0) is 27.4 Å². The van der Waals surface area contributed by atoms with Crippen LogP contribution in [0.4, 0.5) is 9.18 Å². The van der Waals surface area contributed by atoms with Gasteiger partial charge in [0, 0.05) is 29.2 Å². The largest absolute Gasteiger partial charge is 0.494 e. The van der Waals surface area contributed by atoms with Crippen molar-refractivity contribution in [1.82, 2.24) is 20.9 Å². The van der Waals surface area contributed by atoms with Crippen LogP contribution >= 0.6 is 34.7 Å². The number of carbonyl (C=O) groups is 3. The van der Waals surface area contributed by atoms with E-state index < -0.39 is 40.6 Å². The Labute approximate surface area is 327 Å². The highest BCUT2D eigenvalue weighted by molar-refractivity contribution is 8.02. The molecule has 3 amide bonds. The predicted molar refractivity (Wildman–Crippen MR) is 211 cm³/mol. The number of imide groups is 1. The van der Waals surface area contributed by atoms with Crippen molar-refractivity contribution in [1.29, 1.82) is 0 Å². The van der Waals surface area contributed by atoms with Crippen LogP contribution in [0.3, 0.4) is 0 Å². The van der Waals surface area contributed by atoms with Crippen LogP contribution < -0.4 is 25.4 Å². The molecule has 2 atom stereocenters. The number of amides is 3. The second-order valence-corrected chi connectivity index (χ2v) is 15.9. The van der Waals surface area contributed by atoms with E-state index in [9.17, 15) is 18.8 Å². The van der Waals surface area contributed by atoms with Gasteiger partial charge in [0.05, 0.1) is 22.9 Å². The summed E-state index contributed by atoms with van der Waals surface area (Å²) in [5.41, 5.74) is 1.67. The summed E-state index contributed by atoms with van der Waals surface area (Å²) in [6.07, 6.45) is -0.206. The maximum atomic E-state index is 14.3. The van der Waals surface area contributed by atoms with Crippen molar-refractivity contribution in [3.63, 3.8) is 0 Å². The standard InChI is InChI=1S/C40H42ClFN4O6S2/c1-6-31(43-23-25-12-8-9-14-30(25)42)36(47)46-37(48)35(54-39-45-32-18-16-27(50-7-2)21-34(32)53-39)29-17-15-26(41)20-33(29)51-28-13-10-11-24(19-28)22-44-38(49)52-40(3,4)5/h8-21,31,35,43H,6-7,22-23H2,1-5H3,(H,44,49)(H,46,47,48). The molecule has 0 fully saturated rings. The summed E-state index contributed by atoms with van der Waals surface area (Å²) in [5.74, 6) is -0.143. The molecule has 0 aliphatic rings. The molecular weight excluding hydrogens is 751 g/mol. The van der Waals surface area contributed by atoms with Gasteiger partial charge in [0.2, 0.25) is 11.8 Å². The molecule has 284 valence electrons. The van der Waals surface area contributed by atoms with Gasteiger partial charge in [0.1, 0.15) is 33.9 Å². The molecule has 10 nitrogen and oxygen atoms in total. The first-order chi connectivity index (χ1) is 25.8. The molecule has 54 heavy (non-hydrogen) atoms. The quantitative estimate of drug-likeness (QED) is 0.0889. The van der Waals surface area contributed by atoms with Crippen molar-refractivity contribution < 1.29 is 33.0 Å². The number of fused-ring (bicyclic) bond motifs is 1. The molecule has 0 bridgehead atoms. The number of halogens is 2. The van der Waals surface area contributed by atoms with E-state index in [1.165, 1.54) is 29.2 Å². The Balaban J connectivity index is 1.42. The van der Waals surface area contributed by atoms with Crippen molar-refractivity contribution >= 4 is 62.8 Å². The van der Waals surface area contributed by atoms with Crippen LogP contribution in [0, 0.1) is 5.82 Å². The van der Waals surface area contributed by atoms with Crippen LogP contribution in [0.2, 0.25) is 5.02 Å². The third-order valence-corrected chi connectivity index (χ3v) is 10.4. The van der Waals surface area contributed by atoms with Crippen molar-refractivity contribution in [3.8, 4) is 17.2 Å². The number of hydrogen-bond acceptors (Lipinski definition) is 10. The monoisotopic (exact) mass is 792 g/mol. The lowest BCUT2D eigenvalue weighted by Gasteiger charge is -2.21. The molecule has 5 aromatic rings. The molecule has 5 rings (SSSR count). The molecule has 0 spiro atoms. The number of nitrogens with one attached hydrogen (secondary N) is 3. The van der Waals surface area contributed by atoms with E-state index in [0.717, 1.165) is 15.8 Å². The molecule has 0 saturated heterocycles. The van der Waals surface area contributed by atoms with Gasteiger partial charge in [-0.2, -0.15) is 0 Å². The summed E-state index contributed by atoms with van der Waals surface area (Å²) in [6, 6.07) is 23.1. The first-order valence-electron chi connectivity index (χ1n) is 17.4. The van der Waals surface area contributed by atoms with Gasteiger partial charge in [0.15, 0.2) is 4.34 Å². The lowest BCUT2D eigenvalue weighted by Crippen LogP contribution is -2.46. The number of rotatable bonds is 15. The minimum Gasteiger partial charge on any atom is -0.494 e. The maximum Gasteiger partial charge on any atom is 0.407 e. The van der Waals surface area contributed by atoms with Gasteiger partial charge in [-0.25, -0.2) is 14.2 Å². The second-order valence-electron chi connectivity index (χ2n) is 13.1. The normalized spacial score (nSPS) is 12.5. The number of hydrogen-bond donors (Lipinski definition) is 3. The Morgan fingerprint density at radius 1 is 0.926 bits per heavy atom. The number of alkyl carbamates (subject to hydrolysis) is 1. The van der Waals surface area contributed by atoms with Gasteiger partial charge in [0.25, 0.3) is 0 Å². The molecule has 1 heterocycles. The topological polar surface area (TPSA) is 128 Å². The summed E-state index contributed by atoms with van der Waals surface area (Å²) < 4.78 is 33.1. The first kappa shape index (κ1) is 40.5. The van der Waals surface area contributed by atoms with Crippen LogP contribution in [0.1, 0.15) is 63.0 Å². The number of thiazole rings is 1. The van der Waals surface area contributed by atoms with E-state index in [1.54, 1.807) is 82.3 Å². The minimum absolute atomic E-state index is 0.0991. The van der Waals surface area contributed by atoms with Gasteiger partial charge in [-0.05, 0) is 88.2 Å². The number of benzene rings is 4. The van der Waals surface area contributed by atoms with Gasteiger partial charge in [-0.15, -0.1) is 11.3 Å². The zero-order chi connectivity index (χ0) is 38.8. The average molecular weight is 793 g/mol. The van der Waals surface area contributed by atoms with Crippen LogP contribution in [0.15, 0.2) is 89.3 Å². The van der Waals surface area contributed by atoms with Crippen LogP contribution in [0.5, 0.6) is 17.2 Å². The van der Waals surface area contributed by atoms with E-state index in [4.69, 9.17) is 30.8 Å². The minimum atomic E-state index is -1.02. The van der Waals surface area contributed by atoms with Crippen LogP contribution in [-0.4, -0.2) is 41.1 Å². The van der Waals surface area contributed by atoms with E-state index in [-0.39, 0.29) is 18.8 Å². The van der Waals surface area contributed by atoms with Crippen molar-refractivity contribution in [2.75, 3.05) is 6.61 Å². The van der Waals surface area contributed by atoms with Crippen molar-refractivity contribution in [2.45, 2.75) is 75.4 Å². The van der Waals surface area contributed by atoms with Gasteiger partial charge >= 0.3 is 6.09 Å². The lowest BCUT2D eigenvalue weighted by atomic mass is 10.1. The third kappa shape index (κ3) is 11.4. The Bertz CT molecular complexity index is 2110. The zero-order valence-electron chi connectivity index (χ0n) is 30.5. The Hall–Kier alpha value is -4.69. The van der Waals surface area contributed by atoms with E-state index in [1.807, 2.05) is 31.2 Å². The SMILES string of the molecule is CCOc1ccc2nc(SC(C(=O)NC(=O)C(CC)NCc3ccccc3F)c3ccc(Cl)cc3Oc3cccc(CNC(=O)OC(C)(C)C)c3)sc2c1. The van der Waals surface area contributed by atoms with Gasteiger partial charge in [-0.3, -0.25) is 14.9 Å². The molecule has 2 unspecified atom stereocenters. The smallest absolute Gasteiger partial charge is 0.407 e. The molecule has 4 aromatic carbocycles. The zero-order valence-corrected chi connectivity index (χ0v) is 32.9. The number of thioether (sulfide) groups is 1. The van der Waals surface area contributed by atoms with Crippen molar-refractivity contribution in [3.05, 3.63) is 112 Å². The summed E-state index contributed by atoms with van der Waals surface area (Å²) >= 11 is 9.02. The molecule has 1 aromatic heterocycles. The average Bonchev–Trinajstić information content (AvgIpc) is 3.52. The predicted octanol–water partition coefficient (Wildman–Crippen LogP) is 9.35. The molecule has 0 radical (unpaired) electrons. The number of nitrogens with zero attached hydrogens (tertiary/aromatic N) is 1. The summed E-state index contributed by atoms with van der Waals surface area (Å²) in [4.78, 5) is 44.8. The second kappa shape index (κ2) is 18.6. The fourth-order valence-corrected chi connectivity index (χ4v) is 7.75. The molecule has 0 aliphatic carbocycles. The number of ether oxygens (including phenoxy) is 3. The van der Waals surface area contributed by atoms with Crippen LogP contribution in [0.25, 0.3) is 10.2 Å². The molecule has 0 aliphatic heterocycles. The van der Waals surface area contributed by atoms with E-state index in [2.05, 4.69) is 16.0 Å². The first-order valence-corrected chi connectivity index (χ1v) is 19.4. The Morgan fingerprint density at radius 3 is 2.46 bits per heavy atom. The Morgan fingerprint density at radius 2 is 1.72 bits per heavy atom. The highest BCUT2D eigenvalue weighted by Gasteiger charge is 2.30. The van der Waals surface area contributed by atoms with Gasteiger partial charge < -0.3 is 24.8 Å². The summed E-state index contributed by atoms with van der Waals surface area (Å²) in [6.45, 7) is 9.86. The molecule has 3 N–H and O–H groups in total. The fraction of sp³-hybridized carbons (Fsp3) is 0.300. The van der Waals surface area contributed by atoms with E-state index >= 15 is 0 Å². The summed E-state index contributed by atoms with van der Waals surface area (Å²) in [5, 5.41) is 7.73. The third-order valence-electron chi connectivity index (χ3n) is 7.80. The maximum absolute atomic E-state index is 14.3. The van der Waals surface area contributed by atoms with E-state index in [0.29, 0.717) is 45.0 Å². The Kier molecular flexibility index (Phi) is 13.9. The highest BCUT2D eigenvalue weighted by atomic mass is 35.5. The van der Waals surface area contributed by atoms with Crippen molar-refractivity contribution in [2.24, 2.45) is 0 Å². The summed E-state index contributed by atoms with van der Waals surface area (Å²) in [7, 11) is 0.